The Bertz CT molecular complexity index is 493. The zero-order chi connectivity index (χ0) is 11.5. The fraction of sp³-hybridized carbons (Fsp3) is 0.231. The zero-order valence-electron chi connectivity index (χ0n) is 8.81. The lowest BCUT2D eigenvalue weighted by Gasteiger charge is -2.00. The van der Waals surface area contributed by atoms with Gasteiger partial charge in [0.25, 0.3) is 0 Å². The van der Waals surface area contributed by atoms with Crippen LogP contribution in [0.4, 0.5) is 0 Å². The average molecular weight is 228 g/mol. The van der Waals surface area contributed by atoms with Gasteiger partial charge in [-0.15, -0.1) is 0 Å². The number of thiocarbonyl (C=S) groups is 1. The molecule has 1 aliphatic rings. The molecule has 0 bridgehead atoms. The first-order chi connectivity index (χ1) is 7.70. The SMILES string of the molecule is N#C/C(=C\c1cccc(C2CC2)c1)C(N)=S. The highest BCUT2D eigenvalue weighted by Gasteiger charge is 2.23. The van der Waals surface area contributed by atoms with Crippen molar-refractivity contribution in [3.8, 4) is 6.07 Å². The smallest absolute Gasteiger partial charge is 0.114 e. The summed E-state index contributed by atoms with van der Waals surface area (Å²) >= 11 is 4.80. The first-order valence-corrected chi connectivity index (χ1v) is 5.63. The van der Waals surface area contributed by atoms with Crippen LogP contribution < -0.4 is 5.73 Å². The van der Waals surface area contributed by atoms with Crippen LogP contribution in [0.1, 0.15) is 29.9 Å². The van der Waals surface area contributed by atoms with E-state index in [1.807, 2.05) is 18.2 Å². The van der Waals surface area contributed by atoms with Gasteiger partial charge in [-0.2, -0.15) is 5.26 Å². The monoisotopic (exact) mass is 228 g/mol. The Morgan fingerprint density at radius 1 is 1.50 bits per heavy atom. The fourth-order valence-corrected chi connectivity index (χ4v) is 1.75. The summed E-state index contributed by atoms with van der Waals surface area (Å²) in [5.41, 5.74) is 8.15. The number of hydrogen-bond donors (Lipinski definition) is 1. The molecule has 0 saturated heterocycles. The molecule has 80 valence electrons. The van der Waals surface area contributed by atoms with E-state index in [1.165, 1.54) is 18.4 Å². The zero-order valence-corrected chi connectivity index (χ0v) is 9.63. The number of benzene rings is 1. The Morgan fingerprint density at radius 2 is 2.25 bits per heavy atom. The average Bonchev–Trinajstić information content (AvgIpc) is 3.09. The molecule has 3 heteroatoms. The van der Waals surface area contributed by atoms with Gasteiger partial charge < -0.3 is 5.73 Å². The van der Waals surface area contributed by atoms with E-state index in [9.17, 15) is 0 Å². The lowest BCUT2D eigenvalue weighted by Crippen LogP contribution is -2.09. The highest BCUT2D eigenvalue weighted by Crippen LogP contribution is 2.40. The molecule has 0 amide bonds. The Kier molecular flexibility index (Phi) is 3.02. The van der Waals surface area contributed by atoms with Gasteiger partial charge in [-0.3, -0.25) is 0 Å². The minimum Gasteiger partial charge on any atom is -0.389 e. The highest BCUT2D eigenvalue weighted by molar-refractivity contribution is 7.80. The van der Waals surface area contributed by atoms with Crippen molar-refractivity contribution in [3.63, 3.8) is 0 Å². The largest absolute Gasteiger partial charge is 0.389 e. The minimum atomic E-state index is 0.152. The van der Waals surface area contributed by atoms with Crippen molar-refractivity contribution in [3.05, 3.63) is 41.0 Å². The lowest BCUT2D eigenvalue weighted by atomic mass is 10.1. The van der Waals surface area contributed by atoms with Crippen molar-refractivity contribution in [2.24, 2.45) is 5.73 Å². The second kappa shape index (κ2) is 4.46. The van der Waals surface area contributed by atoms with Gasteiger partial charge >= 0.3 is 0 Å². The van der Waals surface area contributed by atoms with Gasteiger partial charge in [-0.1, -0.05) is 36.5 Å². The summed E-state index contributed by atoms with van der Waals surface area (Å²) in [7, 11) is 0. The summed E-state index contributed by atoms with van der Waals surface area (Å²) in [6.07, 6.45) is 4.29. The molecule has 1 aromatic carbocycles. The molecule has 2 N–H and O–H groups in total. The van der Waals surface area contributed by atoms with Gasteiger partial charge in [0.15, 0.2) is 0 Å². The van der Waals surface area contributed by atoms with E-state index < -0.39 is 0 Å². The molecule has 1 saturated carbocycles. The van der Waals surface area contributed by atoms with Crippen molar-refractivity contribution in [1.29, 1.82) is 5.26 Å². The molecule has 16 heavy (non-hydrogen) atoms. The van der Waals surface area contributed by atoms with E-state index >= 15 is 0 Å². The first kappa shape index (κ1) is 10.8. The molecule has 1 aromatic rings. The lowest BCUT2D eigenvalue weighted by molar-refractivity contribution is 1.13. The molecule has 0 aromatic heterocycles. The summed E-state index contributed by atoms with van der Waals surface area (Å²) in [6, 6.07) is 10.2. The quantitative estimate of drug-likeness (QED) is 0.491. The van der Waals surface area contributed by atoms with E-state index in [0.29, 0.717) is 11.5 Å². The predicted octanol–water partition coefficient (Wildman–Crippen LogP) is 2.76. The minimum absolute atomic E-state index is 0.152. The van der Waals surface area contributed by atoms with Crippen molar-refractivity contribution >= 4 is 23.3 Å². The van der Waals surface area contributed by atoms with Crippen molar-refractivity contribution < 1.29 is 0 Å². The Hall–Kier alpha value is -1.66. The van der Waals surface area contributed by atoms with Crippen molar-refractivity contribution in [2.45, 2.75) is 18.8 Å². The fourth-order valence-electron chi connectivity index (χ4n) is 1.64. The summed E-state index contributed by atoms with van der Waals surface area (Å²) in [4.78, 5) is 0.152. The van der Waals surface area contributed by atoms with E-state index in [0.717, 1.165) is 5.56 Å². The van der Waals surface area contributed by atoms with Crippen LogP contribution in [0.5, 0.6) is 0 Å². The topological polar surface area (TPSA) is 49.8 Å². The van der Waals surface area contributed by atoms with E-state index in [4.69, 9.17) is 23.2 Å². The second-order valence-corrected chi connectivity index (χ2v) is 4.42. The molecule has 1 fully saturated rings. The summed E-state index contributed by atoms with van der Waals surface area (Å²) in [5, 5.41) is 8.86. The summed E-state index contributed by atoms with van der Waals surface area (Å²) in [5.74, 6) is 0.712. The van der Waals surface area contributed by atoms with E-state index in [2.05, 4.69) is 12.1 Å². The maximum atomic E-state index is 8.86. The summed E-state index contributed by atoms with van der Waals surface area (Å²) in [6.45, 7) is 0. The van der Waals surface area contributed by atoms with Crippen LogP contribution in [0.2, 0.25) is 0 Å². The number of nitrogens with two attached hydrogens (primary N) is 1. The van der Waals surface area contributed by atoms with Gasteiger partial charge in [-0.25, -0.2) is 0 Å². The van der Waals surface area contributed by atoms with Crippen molar-refractivity contribution in [1.82, 2.24) is 0 Å². The van der Waals surface area contributed by atoms with Crippen LogP contribution in [0.15, 0.2) is 29.8 Å². The molecule has 0 radical (unpaired) electrons. The molecule has 2 rings (SSSR count). The molecule has 1 aliphatic carbocycles. The van der Waals surface area contributed by atoms with Gasteiger partial charge in [-0.05, 0) is 36.0 Å². The molecule has 0 aliphatic heterocycles. The van der Waals surface area contributed by atoms with Gasteiger partial charge in [0.1, 0.15) is 11.1 Å². The van der Waals surface area contributed by atoms with Gasteiger partial charge in [0, 0.05) is 0 Å². The predicted molar refractivity (Wildman–Crippen MR) is 68.8 cm³/mol. The maximum Gasteiger partial charge on any atom is 0.114 e. The van der Waals surface area contributed by atoms with Crippen molar-refractivity contribution in [2.75, 3.05) is 0 Å². The Labute approximate surface area is 100 Å². The number of rotatable bonds is 3. The van der Waals surface area contributed by atoms with E-state index in [1.54, 1.807) is 6.08 Å². The van der Waals surface area contributed by atoms with Crippen LogP contribution in [-0.4, -0.2) is 4.99 Å². The van der Waals surface area contributed by atoms with Crippen LogP contribution in [0.25, 0.3) is 6.08 Å². The molecule has 0 heterocycles. The van der Waals surface area contributed by atoms with Crippen LogP contribution in [0.3, 0.4) is 0 Å². The van der Waals surface area contributed by atoms with Crippen LogP contribution >= 0.6 is 12.2 Å². The number of nitriles is 1. The molecule has 2 nitrogen and oxygen atoms in total. The Balaban J connectivity index is 2.30. The number of hydrogen-bond acceptors (Lipinski definition) is 2. The third kappa shape index (κ3) is 2.47. The van der Waals surface area contributed by atoms with Crippen LogP contribution in [-0.2, 0) is 0 Å². The molecular weight excluding hydrogens is 216 g/mol. The van der Waals surface area contributed by atoms with Crippen LogP contribution in [0, 0.1) is 11.3 Å². The highest BCUT2D eigenvalue weighted by atomic mass is 32.1. The molecular formula is C13H12N2S. The normalized spacial score (nSPS) is 15.6. The standard InChI is InChI=1S/C13H12N2S/c14-8-12(13(15)16)7-9-2-1-3-11(6-9)10-4-5-10/h1-3,6-7,10H,4-5H2,(H2,15,16)/b12-7+. The third-order valence-corrected chi connectivity index (χ3v) is 2.88. The molecule has 0 spiro atoms. The maximum absolute atomic E-state index is 8.86. The Morgan fingerprint density at radius 3 is 2.81 bits per heavy atom. The summed E-state index contributed by atoms with van der Waals surface area (Å²) < 4.78 is 0. The molecule has 0 unspecified atom stereocenters. The van der Waals surface area contributed by atoms with Gasteiger partial charge in [0.2, 0.25) is 0 Å². The second-order valence-electron chi connectivity index (χ2n) is 3.98. The third-order valence-electron chi connectivity index (χ3n) is 2.66. The first-order valence-electron chi connectivity index (χ1n) is 5.22. The number of nitrogens with zero attached hydrogens (tertiary/aromatic N) is 1. The van der Waals surface area contributed by atoms with E-state index in [-0.39, 0.29) is 4.99 Å². The van der Waals surface area contributed by atoms with Gasteiger partial charge in [0.05, 0.1) is 5.57 Å². The molecule has 0 atom stereocenters.